The first-order valence-corrected chi connectivity index (χ1v) is 5.93. The molecular weight excluding hydrogens is 249 g/mol. The van der Waals surface area contributed by atoms with Crippen molar-refractivity contribution in [2.24, 2.45) is 0 Å². The normalized spacial score (nSPS) is 18.0. The van der Waals surface area contributed by atoms with E-state index >= 15 is 0 Å². The molecule has 1 aliphatic heterocycles. The number of nitrogens with one attached hydrogen (secondary N) is 1. The number of fused-ring (bicyclic) bond motifs is 1. The van der Waals surface area contributed by atoms with Gasteiger partial charge in [0.25, 0.3) is 5.91 Å². The molecule has 2 heterocycles. The van der Waals surface area contributed by atoms with Crippen LogP contribution in [-0.2, 0) is 0 Å². The third-order valence-corrected chi connectivity index (χ3v) is 3.14. The molecule has 1 atom stereocenters. The SMILES string of the molecule is O=C1NCC(CO)n2nc(-c3cccc(F)c3)cc21. The Morgan fingerprint density at radius 3 is 3.05 bits per heavy atom. The topological polar surface area (TPSA) is 67.2 Å². The van der Waals surface area contributed by atoms with Gasteiger partial charge < -0.3 is 10.4 Å². The Morgan fingerprint density at radius 1 is 1.47 bits per heavy atom. The summed E-state index contributed by atoms with van der Waals surface area (Å²) in [5, 5.41) is 16.3. The lowest BCUT2D eigenvalue weighted by molar-refractivity contribution is 0.0888. The van der Waals surface area contributed by atoms with E-state index < -0.39 is 0 Å². The van der Waals surface area contributed by atoms with Crippen molar-refractivity contribution in [1.82, 2.24) is 15.1 Å². The fourth-order valence-electron chi connectivity index (χ4n) is 2.16. The summed E-state index contributed by atoms with van der Waals surface area (Å²) in [6.45, 7) is 0.226. The van der Waals surface area contributed by atoms with Crippen LogP contribution >= 0.6 is 0 Å². The molecule has 0 fully saturated rings. The van der Waals surface area contributed by atoms with Gasteiger partial charge >= 0.3 is 0 Å². The number of hydrogen-bond donors (Lipinski definition) is 2. The van der Waals surface area contributed by atoms with Crippen molar-refractivity contribution >= 4 is 5.91 Å². The van der Waals surface area contributed by atoms with Gasteiger partial charge in [0.05, 0.1) is 18.3 Å². The van der Waals surface area contributed by atoms with E-state index in [0.29, 0.717) is 23.5 Å². The van der Waals surface area contributed by atoms with E-state index in [2.05, 4.69) is 10.4 Å². The van der Waals surface area contributed by atoms with Crippen molar-refractivity contribution in [2.75, 3.05) is 13.2 Å². The fraction of sp³-hybridized carbons (Fsp3) is 0.231. The summed E-state index contributed by atoms with van der Waals surface area (Å²) in [5.41, 5.74) is 1.50. The summed E-state index contributed by atoms with van der Waals surface area (Å²) in [6, 6.07) is 7.35. The van der Waals surface area contributed by atoms with Crippen LogP contribution in [-0.4, -0.2) is 33.9 Å². The molecule has 0 saturated heterocycles. The van der Waals surface area contributed by atoms with Crippen molar-refractivity contribution < 1.29 is 14.3 Å². The van der Waals surface area contributed by atoms with Gasteiger partial charge in [-0.25, -0.2) is 4.39 Å². The second-order valence-corrected chi connectivity index (χ2v) is 4.42. The molecule has 98 valence electrons. The maximum absolute atomic E-state index is 13.2. The number of rotatable bonds is 2. The maximum Gasteiger partial charge on any atom is 0.269 e. The van der Waals surface area contributed by atoms with Gasteiger partial charge in [-0.15, -0.1) is 0 Å². The first-order chi connectivity index (χ1) is 9.19. The zero-order valence-corrected chi connectivity index (χ0v) is 10.0. The summed E-state index contributed by atoms with van der Waals surface area (Å²) in [4.78, 5) is 11.7. The average Bonchev–Trinajstić information content (AvgIpc) is 2.85. The van der Waals surface area contributed by atoms with Crippen molar-refractivity contribution in [1.29, 1.82) is 0 Å². The van der Waals surface area contributed by atoms with Gasteiger partial charge in [0, 0.05) is 12.1 Å². The molecule has 0 radical (unpaired) electrons. The molecule has 1 aromatic heterocycles. The van der Waals surface area contributed by atoms with Crippen LogP contribution in [0.25, 0.3) is 11.3 Å². The number of aromatic nitrogens is 2. The second-order valence-electron chi connectivity index (χ2n) is 4.42. The van der Waals surface area contributed by atoms with Crippen molar-refractivity contribution in [2.45, 2.75) is 6.04 Å². The van der Waals surface area contributed by atoms with Crippen LogP contribution in [0.15, 0.2) is 30.3 Å². The minimum absolute atomic E-state index is 0.114. The Kier molecular flexibility index (Phi) is 2.79. The predicted molar refractivity (Wildman–Crippen MR) is 66.1 cm³/mol. The highest BCUT2D eigenvalue weighted by Gasteiger charge is 2.26. The molecule has 6 heteroatoms. The Morgan fingerprint density at radius 2 is 2.32 bits per heavy atom. The van der Waals surface area contributed by atoms with Gasteiger partial charge in [-0.3, -0.25) is 9.48 Å². The van der Waals surface area contributed by atoms with E-state index in [1.54, 1.807) is 18.2 Å². The van der Waals surface area contributed by atoms with Gasteiger partial charge in [0.1, 0.15) is 11.5 Å². The predicted octanol–water partition coefficient (Wildman–Crippen LogP) is 0.966. The molecule has 0 saturated carbocycles. The highest BCUT2D eigenvalue weighted by molar-refractivity contribution is 5.94. The molecular formula is C13H12FN3O2. The lowest BCUT2D eigenvalue weighted by Crippen LogP contribution is -2.40. The molecule has 1 unspecified atom stereocenters. The average molecular weight is 261 g/mol. The van der Waals surface area contributed by atoms with Gasteiger partial charge in [0.2, 0.25) is 0 Å². The number of hydrogen-bond acceptors (Lipinski definition) is 3. The van der Waals surface area contributed by atoms with E-state index in [4.69, 9.17) is 0 Å². The van der Waals surface area contributed by atoms with Crippen LogP contribution in [0, 0.1) is 5.82 Å². The van der Waals surface area contributed by atoms with E-state index in [1.807, 2.05) is 0 Å². The Labute approximate surface area is 108 Å². The summed E-state index contributed by atoms with van der Waals surface area (Å²) in [6.07, 6.45) is 0. The van der Waals surface area contributed by atoms with Gasteiger partial charge in [0.15, 0.2) is 0 Å². The lowest BCUT2D eigenvalue weighted by Gasteiger charge is -2.22. The fourth-order valence-corrected chi connectivity index (χ4v) is 2.16. The number of benzene rings is 1. The number of carbonyl (C=O) groups excluding carboxylic acids is 1. The summed E-state index contributed by atoms with van der Waals surface area (Å²) < 4.78 is 14.7. The smallest absolute Gasteiger partial charge is 0.269 e. The quantitative estimate of drug-likeness (QED) is 0.846. The zero-order valence-electron chi connectivity index (χ0n) is 10.0. The molecule has 2 N–H and O–H groups in total. The second kappa shape index (κ2) is 4.47. The van der Waals surface area contributed by atoms with Crippen LogP contribution in [0.1, 0.15) is 16.5 Å². The number of halogens is 1. The third-order valence-electron chi connectivity index (χ3n) is 3.14. The number of amides is 1. The van der Waals surface area contributed by atoms with E-state index in [0.717, 1.165) is 0 Å². The monoisotopic (exact) mass is 261 g/mol. The number of carbonyl (C=O) groups is 1. The van der Waals surface area contributed by atoms with E-state index in [9.17, 15) is 14.3 Å². The summed E-state index contributed by atoms with van der Waals surface area (Å²) >= 11 is 0. The van der Waals surface area contributed by atoms with Crippen LogP contribution in [0.4, 0.5) is 4.39 Å². The Hall–Kier alpha value is -2.21. The highest BCUT2D eigenvalue weighted by atomic mass is 19.1. The van der Waals surface area contributed by atoms with Crippen LogP contribution in [0.5, 0.6) is 0 Å². The zero-order chi connectivity index (χ0) is 13.4. The Bertz CT molecular complexity index is 639. The minimum atomic E-state index is -0.355. The first-order valence-electron chi connectivity index (χ1n) is 5.93. The standard InChI is InChI=1S/C13H12FN3O2/c14-9-3-1-2-8(4-9)11-5-12-13(19)15-6-10(7-18)17(12)16-11/h1-5,10,18H,6-7H2,(H,15,19). The van der Waals surface area contributed by atoms with Gasteiger partial charge in [-0.1, -0.05) is 12.1 Å². The van der Waals surface area contributed by atoms with Crippen LogP contribution in [0.2, 0.25) is 0 Å². The number of aliphatic hydroxyl groups is 1. The maximum atomic E-state index is 13.2. The molecule has 1 aliphatic rings. The molecule has 5 nitrogen and oxygen atoms in total. The third kappa shape index (κ3) is 2.00. The van der Waals surface area contributed by atoms with E-state index in [1.165, 1.54) is 16.8 Å². The molecule has 2 aromatic rings. The number of nitrogens with zero attached hydrogens (tertiary/aromatic N) is 2. The summed E-state index contributed by atoms with van der Waals surface area (Å²) in [7, 11) is 0. The minimum Gasteiger partial charge on any atom is -0.394 e. The van der Waals surface area contributed by atoms with Gasteiger partial charge in [-0.05, 0) is 18.2 Å². The van der Waals surface area contributed by atoms with E-state index in [-0.39, 0.29) is 24.4 Å². The lowest BCUT2D eigenvalue weighted by atomic mass is 10.1. The molecule has 1 aromatic carbocycles. The molecule has 19 heavy (non-hydrogen) atoms. The largest absolute Gasteiger partial charge is 0.394 e. The number of aliphatic hydroxyl groups excluding tert-OH is 1. The molecule has 3 rings (SSSR count). The molecule has 1 amide bonds. The molecule has 0 aliphatic carbocycles. The molecule has 0 spiro atoms. The van der Waals surface area contributed by atoms with Crippen molar-refractivity contribution in [3.63, 3.8) is 0 Å². The van der Waals surface area contributed by atoms with Crippen molar-refractivity contribution in [3.8, 4) is 11.3 Å². The first kappa shape index (κ1) is 11.9. The Balaban J connectivity index is 2.08. The summed E-state index contributed by atoms with van der Waals surface area (Å²) in [5.74, 6) is -0.591. The van der Waals surface area contributed by atoms with Crippen LogP contribution in [0.3, 0.4) is 0 Å². The molecule has 0 bridgehead atoms. The van der Waals surface area contributed by atoms with Gasteiger partial charge in [-0.2, -0.15) is 5.10 Å². The highest BCUT2D eigenvalue weighted by Crippen LogP contribution is 2.23. The van der Waals surface area contributed by atoms with Crippen LogP contribution < -0.4 is 5.32 Å². The van der Waals surface area contributed by atoms with Crippen molar-refractivity contribution in [3.05, 3.63) is 41.8 Å².